The molecule has 1 rings (SSSR count). The molecular formula is C6H14BrN3S. The van der Waals surface area contributed by atoms with Crippen LogP contribution in [0.5, 0.6) is 0 Å². The standard InChI is InChI=1S/C6H13N3S.BrH/c7-2-1-3-8-6-9-4-5-10-6;/h1-5,7H2,(H,8,9);1H. The molecule has 0 saturated heterocycles. The second-order valence-corrected chi connectivity index (χ2v) is 3.19. The zero-order chi connectivity index (χ0) is 7.23. The van der Waals surface area contributed by atoms with Crippen LogP contribution in [0.2, 0.25) is 0 Å². The highest BCUT2D eigenvalue weighted by atomic mass is 79.9. The average Bonchev–Trinajstić information content (AvgIpc) is 2.41. The Labute approximate surface area is 82.0 Å². The van der Waals surface area contributed by atoms with Gasteiger partial charge in [-0.1, -0.05) is 11.8 Å². The molecule has 0 unspecified atom stereocenters. The van der Waals surface area contributed by atoms with Crippen LogP contribution in [0.1, 0.15) is 6.42 Å². The van der Waals surface area contributed by atoms with Crippen LogP contribution >= 0.6 is 28.7 Å². The minimum Gasteiger partial charge on any atom is -0.365 e. The second-order valence-electron chi connectivity index (χ2n) is 2.10. The summed E-state index contributed by atoms with van der Waals surface area (Å²) in [4.78, 5) is 4.24. The molecule has 0 amide bonds. The third-order valence-corrected chi connectivity index (χ3v) is 2.18. The van der Waals surface area contributed by atoms with Crippen molar-refractivity contribution in [3.8, 4) is 0 Å². The number of halogens is 1. The first-order valence-electron chi connectivity index (χ1n) is 3.54. The van der Waals surface area contributed by atoms with Crippen molar-refractivity contribution in [2.45, 2.75) is 6.42 Å². The van der Waals surface area contributed by atoms with Crippen molar-refractivity contribution < 1.29 is 0 Å². The molecule has 1 aliphatic heterocycles. The normalized spacial score (nSPS) is 15.5. The average molecular weight is 240 g/mol. The molecule has 66 valence electrons. The van der Waals surface area contributed by atoms with Crippen molar-refractivity contribution in [3.63, 3.8) is 0 Å². The lowest BCUT2D eigenvalue weighted by molar-refractivity contribution is 0.788. The van der Waals surface area contributed by atoms with Gasteiger partial charge in [0.15, 0.2) is 5.17 Å². The Hall–Kier alpha value is 0.260. The molecule has 3 N–H and O–H groups in total. The summed E-state index contributed by atoms with van der Waals surface area (Å²) in [5, 5.41) is 4.31. The first-order chi connectivity index (χ1) is 4.93. The molecule has 0 spiro atoms. The van der Waals surface area contributed by atoms with Gasteiger partial charge in [0.2, 0.25) is 0 Å². The maximum Gasteiger partial charge on any atom is 0.156 e. The molecule has 0 atom stereocenters. The predicted octanol–water partition coefficient (Wildman–Crippen LogP) is 0.605. The first-order valence-corrected chi connectivity index (χ1v) is 4.53. The lowest BCUT2D eigenvalue weighted by Gasteiger charge is -2.01. The Morgan fingerprint density at radius 1 is 1.64 bits per heavy atom. The Kier molecular flexibility index (Phi) is 7.10. The molecule has 0 bridgehead atoms. The molecule has 0 aliphatic carbocycles. The number of nitrogens with zero attached hydrogens (tertiary/aromatic N) is 1. The molecular weight excluding hydrogens is 226 g/mol. The van der Waals surface area contributed by atoms with Crippen molar-refractivity contribution in [1.29, 1.82) is 0 Å². The van der Waals surface area contributed by atoms with E-state index in [-0.39, 0.29) is 17.0 Å². The van der Waals surface area contributed by atoms with E-state index in [1.165, 1.54) is 0 Å². The van der Waals surface area contributed by atoms with Crippen molar-refractivity contribution in [1.82, 2.24) is 5.32 Å². The number of amidine groups is 1. The van der Waals surface area contributed by atoms with Gasteiger partial charge in [-0.3, -0.25) is 4.99 Å². The van der Waals surface area contributed by atoms with E-state index >= 15 is 0 Å². The van der Waals surface area contributed by atoms with Gasteiger partial charge in [-0.2, -0.15) is 0 Å². The highest BCUT2D eigenvalue weighted by molar-refractivity contribution is 8.93. The van der Waals surface area contributed by atoms with E-state index in [2.05, 4.69) is 10.3 Å². The van der Waals surface area contributed by atoms with Gasteiger partial charge >= 0.3 is 0 Å². The van der Waals surface area contributed by atoms with Gasteiger partial charge in [0.05, 0.1) is 6.54 Å². The van der Waals surface area contributed by atoms with E-state index in [0.717, 1.165) is 37.0 Å². The molecule has 0 aromatic heterocycles. The van der Waals surface area contributed by atoms with Crippen LogP contribution in [0.4, 0.5) is 0 Å². The lowest BCUT2D eigenvalue weighted by atomic mass is 10.4. The summed E-state index contributed by atoms with van der Waals surface area (Å²) in [6, 6.07) is 0. The number of nitrogens with one attached hydrogen (secondary N) is 1. The van der Waals surface area contributed by atoms with Crippen molar-refractivity contribution in [3.05, 3.63) is 0 Å². The summed E-state index contributed by atoms with van der Waals surface area (Å²) in [6.45, 7) is 2.68. The molecule has 3 nitrogen and oxygen atoms in total. The molecule has 5 heteroatoms. The third kappa shape index (κ3) is 4.66. The van der Waals surface area contributed by atoms with Gasteiger partial charge in [0.25, 0.3) is 0 Å². The first kappa shape index (κ1) is 11.3. The smallest absolute Gasteiger partial charge is 0.156 e. The number of hydrogen-bond donors (Lipinski definition) is 2. The maximum atomic E-state index is 5.33. The summed E-state index contributed by atoms with van der Waals surface area (Å²) in [7, 11) is 0. The number of thioether (sulfide) groups is 1. The highest BCUT2D eigenvalue weighted by Crippen LogP contribution is 2.08. The van der Waals surface area contributed by atoms with E-state index in [4.69, 9.17) is 5.73 Å². The summed E-state index contributed by atoms with van der Waals surface area (Å²) in [5.41, 5.74) is 5.33. The zero-order valence-electron chi connectivity index (χ0n) is 6.38. The van der Waals surface area contributed by atoms with Crippen LogP contribution in [0.15, 0.2) is 4.99 Å². The number of rotatable bonds is 3. The Morgan fingerprint density at radius 3 is 3.00 bits per heavy atom. The number of aliphatic imine (C=N–C) groups is 1. The fourth-order valence-electron chi connectivity index (χ4n) is 0.739. The second kappa shape index (κ2) is 6.94. The van der Waals surface area contributed by atoms with Gasteiger partial charge in [-0.05, 0) is 13.0 Å². The van der Waals surface area contributed by atoms with Crippen LogP contribution in [-0.4, -0.2) is 30.6 Å². The maximum absolute atomic E-state index is 5.33. The summed E-state index contributed by atoms with van der Waals surface area (Å²) in [5.74, 6) is 1.13. The number of nitrogens with two attached hydrogens (primary N) is 1. The van der Waals surface area contributed by atoms with Crippen molar-refractivity contribution in [2.75, 3.05) is 25.4 Å². The van der Waals surface area contributed by atoms with Crippen molar-refractivity contribution in [2.24, 2.45) is 10.7 Å². The van der Waals surface area contributed by atoms with E-state index < -0.39 is 0 Å². The highest BCUT2D eigenvalue weighted by Gasteiger charge is 2.03. The van der Waals surface area contributed by atoms with Crippen LogP contribution in [-0.2, 0) is 0 Å². The fraction of sp³-hybridized carbons (Fsp3) is 0.833. The van der Waals surface area contributed by atoms with E-state index in [1.807, 2.05) is 0 Å². The van der Waals surface area contributed by atoms with E-state index in [9.17, 15) is 0 Å². The minimum absolute atomic E-state index is 0. The Morgan fingerprint density at radius 2 is 2.45 bits per heavy atom. The van der Waals surface area contributed by atoms with Crippen LogP contribution in [0.3, 0.4) is 0 Å². The van der Waals surface area contributed by atoms with Gasteiger partial charge in [-0.25, -0.2) is 0 Å². The predicted molar refractivity (Wildman–Crippen MR) is 56.8 cm³/mol. The fourth-order valence-corrected chi connectivity index (χ4v) is 1.50. The van der Waals surface area contributed by atoms with Gasteiger partial charge in [0.1, 0.15) is 0 Å². The van der Waals surface area contributed by atoms with Gasteiger partial charge in [0, 0.05) is 12.3 Å². The quantitative estimate of drug-likeness (QED) is 0.710. The van der Waals surface area contributed by atoms with Crippen LogP contribution in [0, 0.1) is 0 Å². The largest absolute Gasteiger partial charge is 0.365 e. The van der Waals surface area contributed by atoms with E-state index in [0.29, 0.717) is 0 Å². The monoisotopic (exact) mass is 239 g/mol. The lowest BCUT2D eigenvalue weighted by Crippen LogP contribution is -2.22. The Balaban J connectivity index is 0.000001000. The zero-order valence-corrected chi connectivity index (χ0v) is 8.91. The molecule has 11 heavy (non-hydrogen) atoms. The topological polar surface area (TPSA) is 50.4 Å². The van der Waals surface area contributed by atoms with E-state index in [1.54, 1.807) is 11.8 Å². The Bertz CT molecular complexity index is 129. The molecule has 0 radical (unpaired) electrons. The molecule has 1 aliphatic rings. The number of hydrogen-bond acceptors (Lipinski definition) is 4. The van der Waals surface area contributed by atoms with Gasteiger partial charge in [-0.15, -0.1) is 17.0 Å². The molecule has 0 aromatic rings. The minimum atomic E-state index is 0. The third-order valence-electron chi connectivity index (χ3n) is 1.24. The van der Waals surface area contributed by atoms with Crippen LogP contribution in [0.25, 0.3) is 0 Å². The molecule has 0 aromatic carbocycles. The van der Waals surface area contributed by atoms with Gasteiger partial charge < -0.3 is 11.1 Å². The summed E-state index contributed by atoms with van der Waals surface area (Å²) < 4.78 is 0. The molecule has 1 heterocycles. The summed E-state index contributed by atoms with van der Waals surface area (Å²) in [6.07, 6.45) is 1.03. The summed E-state index contributed by atoms with van der Waals surface area (Å²) >= 11 is 1.79. The molecule has 0 fully saturated rings. The van der Waals surface area contributed by atoms with Crippen molar-refractivity contribution >= 4 is 33.9 Å². The molecule has 0 saturated carbocycles. The van der Waals surface area contributed by atoms with Crippen LogP contribution < -0.4 is 11.1 Å². The SMILES string of the molecule is Br.NCCCNC1=NCCS1.